The second-order valence-corrected chi connectivity index (χ2v) is 5.55. The molecule has 0 aliphatic carbocycles. The molecule has 1 heterocycles. The normalized spacial score (nSPS) is 13.6. The molecule has 0 spiro atoms. The van der Waals surface area contributed by atoms with Crippen LogP contribution in [0.3, 0.4) is 0 Å². The van der Waals surface area contributed by atoms with Crippen LogP contribution in [0.5, 0.6) is 0 Å². The van der Waals surface area contributed by atoms with Gasteiger partial charge < -0.3 is 10.1 Å². The zero-order chi connectivity index (χ0) is 14.7. The van der Waals surface area contributed by atoms with E-state index in [2.05, 4.69) is 5.32 Å². The average molecular weight is 302 g/mol. The number of ether oxygens (including phenoxy) is 1. The molecule has 3 nitrogen and oxygen atoms in total. The fourth-order valence-corrected chi connectivity index (χ4v) is 2.68. The Balaban J connectivity index is 1.68. The number of hydrogen-bond donors (Lipinski definition) is 1. The van der Waals surface area contributed by atoms with Crippen molar-refractivity contribution in [3.8, 4) is 0 Å². The Morgan fingerprint density at radius 3 is 2.95 bits per heavy atom. The third-order valence-electron chi connectivity index (χ3n) is 3.59. The summed E-state index contributed by atoms with van der Waals surface area (Å²) >= 11 is 5.91. The molecule has 0 fully saturated rings. The van der Waals surface area contributed by atoms with Crippen LogP contribution in [0.4, 0.5) is 0 Å². The molecule has 2 aromatic rings. The van der Waals surface area contributed by atoms with Crippen LogP contribution >= 0.6 is 11.6 Å². The summed E-state index contributed by atoms with van der Waals surface area (Å²) in [4.78, 5) is 12.1. The van der Waals surface area contributed by atoms with Gasteiger partial charge in [0.25, 0.3) is 0 Å². The molecule has 0 amide bonds. The van der Waals surface area contributed by atoms with Crippen LogP contribution in [-0.4, -0.2) is 12.5 Å². The van der Waals surface area contributed by atoms with Crippen molar-refractivity contribution in [3.05, 3.63) is 69.7 Å². The Morgan fingerprint density at radius 1 is 1.19 bits per heavy atom. The molecule has 0 saturated carbocycles. The lowest BCUT2D eigenvalue weighted by Gasteiger charge is -2.17. The van der Waals surface area contributed by atoms with E-state index in [9.17, 15) is 4.79 Å². The molecule has 0 unspecified atom stereocenters. The summed E-state index contributed by atoms with van der Waals surface area (Å²) in [5.41, 5.74) is 3.97. The molecule has 0 atom stereocenters. The van der Waals surface area contributed by atoms with Gasteiger partial charge in [0, 0.05) is 11.6 Å². The van der Waals surface area contributed by atoms with Gasteiger partial charge in [-0.2, -0.15) is 0 Å². The largest absolute Gasteiger partial charge is 0.457 e. The predicted octanol–water partition coefficient (Wildman–Crippen LogP) is 3.34. The molecule has 3 rings (SSSR count). The number of benzene rings is 2. The van der Waals surface area contributed by atoms with Crippen LogP contribution in [0.25, 0.3) is 0 Å². The van der Waals surface area contributed by atoms with Crippen molar-refractivity contribution in [1.29, 1.82) is 0 Å². The molecule has 0 bridgehead atoms. The van der Waals surface area contributed by atoms with Crippen molar-refractivity contribution < 1.29 is 9.53 Å². The number of fused-ring (bicyclic) bond motifs is 1. The fourth-order valence-electron chi connectivity index (χ4n) is 2.47. The summed E-state index contributed by atoms with van der Waals surface area (Å²) in [6, 6.07) is 13.1. The van der Waals surface area contributed by atoms with Crippen LogP contribution in [0.15, 0.2) is 42.5 Å². The molecule has 21 heavy (non-hydrogen) atoms. The third-order valence-corrected chi connectivity index (χ3v) is 3.82. The minimum absolute atomic E-state index is 0.231. The maximum Gasteiger partial charge on any atom is 0.338 e. The molecule has 2 aromatic carbocycles. The first-order valence-electron chi connectivity index (χ1n) is 6.96. The van der Waals surface area contributed by atoms with Crippen LogP contribution in [0.2, 0.25) is 5.02 Å². The summed E-state index contributed by atoms with van der Waals surface area (Å²) in [6.45, 7) is 2.03. The Labute approximate surface area is 128 Å². The Bertz CT molecular complexity index is 670. The van der Waals surface area contributed by atoms with E-state index < -0.39 is 0 Å². The average Bonchev–Trinajstić information content (AvgIpc) is 2.52. The lowest BCUT2D eigenvalue weighted by Crippen LogP contribution is -2.24. The van der Waals surface area contributed by atoms with Gasteiger partial charge in [-0.3, -0.25) is 0 Å². The van der Waals surface area contributed by atoms with Crippen LogP contribution in [-0.2, 0) is 24.3 Å². The fraction of sp³-hybridized carbons (Fsp3) is 0.235. The molecular formula is C17H16ClNO2. The number of rotatable bonds is 3. The zero-order valence-corrected chi connectivity index (χ0v) is 12.3. The highest BCUT2D eigenvalue weighted by Gasteiger charge is 2.13. The summed E-state index contributed by atoms with van der Waals surface area (Å²) < 4.78 is 5.34. The van der Waals surface area contributed by atoms with Gasteiger partial charge in [-0.25, -0.2) is 4.79 Å². The number of carbonyl (C=O) groups is 1. The molecule has 0 saturated heterocycles. The van der Waals surface area contributed by atoms with Gasteiger partial charge >= 0.3 is 5.97 Å². The van der Waals surface area contributed by atoms with Gasteiger partial charge in [0.2, 0.25) is 0 Å². The molecule has 1 aliphatic heterocycles. The third kappa shape index (κ3) is 3.43. The van der Waals surface area contributed by atoms with E-state index in [1.165, 1.54) is 11.1 Å². The van der Waals surface area contributed by atoms with Crippen molar-refractivity contribution in [1.82, 2.24) is 5.32 Å². The Hall–Kier alpha value is -1.84. The molecule has 1 N–H and O–H groups in total. The number of hydrogen-bond acceptors (Lipinski definition) is 3. The first-order chi connectivity index (χ1) is 10.2. The number of nitrogens with one attached hydrogen (secondary N) is 1. The van der Waals surface area contributed by atoms with E-state index in [0.29, 0.717) is 10.6 Å². The predicted molar refractivity (Wildman–Crippen MR) is 82.4 cm³/mol. The SMILES string of the molecule is O=C(OCc1cccc(Cl)c1)c1ccc2c(c1)CNCC2. The van der Waals surface area contributed by atoms with Gasteiger partial charge in [0.1, 0.15) is 6.61 Å². The highest BCUT2D eigenvalue weighted by Crippen LogP contribution is 2.17. The highest BCUT2D eigenvalue weighted by atomic mass is 35.5. The Morgan fingerprint density at radius 2 is 2.10 bits per heavy atom. The zero-order valence-electron chi connectivity index (χ0n) is 11.6. The van der Waals surface area contributed by atoms with Crippen molar-refractivity contribution in [2.24, 2.45) is 0 Å². The monoisotopic (exact) mass is 301 g/mol. The molecule has 4 heteroatoms. The molecule has 0 aromatic heterocycles. The van der Waals surface area contributed by atoms with Gasteiger partial charge in [-0.15, -0.1) is 0 Å². The van der Waals surface area contributed by atoms with Crippen molar-refractivity contribution in [2.45, 2.75) is 19.6 Å². The maximum absolute atomic E-state index is 12.1. The van der Waals surface area contributed by atoms with Crippen molar-refractivity contribution in [2.75, 3.05) is 6.54 Å². The quantitative estimate of drug-likeness (QED) is 0.884. The van der Waals surface area contributed by atoms with E-state index in [0.717, 1.165) is 25.1 Å². The second-order valence-electron chi connectivity index (χ2n) is 5.12. The minimum atomic E-state index is -0.302. The number of carbonyl (C=O) groups excluding carboxylic acids is 1. The van der Waals surface area contributed by atoms with E-state index in [4.69, 9.17) is 16.3 Å². The van der Waals surface area contributed by atoms with Gasteiger partial charge in [0.15, 0.2) is 0 Å². The number of halogens is 1. The maximum atomic E-state index is 12.1. The van der Waals surface area contributed by atoms with Gasteiger partial charge in [-0.05, 0) is 53.9 Å². The van der Waals surface area contributed by atoms with E-state index in [1.54, 1.807) is 12.1 Å². The summed E-state index contributed by atoms with van der Waals surface area (Å²) in [5, 5.41) is 3.95. The van der Waals surface area contributed by atoms with Gasteiger partial charge in [-0.1, -0.05) is 29.8 Å². The molecule has 0 radical (unpaired) electrons. The van der Waals surface area contributed by atoms with E-state index in [-0.39, 0.29) is 12.6 Å². The van der Waals surface area contributed by atoms with Crippen LogP contribution in [0.1, 0.15) is 27.0 Å². The number of esters is 1. The van der Waals surface area contributed by atoms with Crippen LogP contribution in [0, 0.1) is 0 Å². The lowest BCUT2D eigenvalue weighted by molar-refractivity contribution is 0.0472. The minimum Gasteiger partial charge on any atom is -0.457 e. The first-order valence-corrected chi connectivity index (χ1v) is 7.34. The van der Waals surface area contributed by atoms with Crippen molar-refractivity contribution in [3.63, 3.8) is 0 Å². The molecular weight excluding hydrogens is 286 g/mol. The first kappa shape index (κ1) is 14.1. The highest BCUT2D eigenvalue weighted by molar-refractivity contribution is 6.30. The lowest BCUT2D eigenvalue weighted by atomic mass is 9.99. The molecule has 108 valence electrons. The standard InChI is InChI=1S/C17H16ClNO2/c18-16-3-1-2-12(8-16)11-21-17(20)14-5-4-13-6-7-19-10-15(13)9-14/h1-5,8-9,19H,6-7,10-11H2. The van der Waals surface area contributed by atoms with Crippen LogP contribution < -0.4 is 5.32 Å². The van der Waals surface area contributed by atoms with E-state index in [1.807, 2.05) is 30.3 Å². The topological polar surface area (TPSA) is 38.3 Å². The second kappa shape index (κ2) is 6.29. The molecule has 1 aliphatic rings. The van der Waals surface area contributed by atoms with E-state index >= 15 is 0 Å². The summed E-state index contributed by atoms with van der Waals surface area (Å²) in [7, 11) is 0. The summed E-state index contributed by atoms with van der Waals surface area (Å²) in [6.07, 6.45) is 1.01. The van der Waals surface area contributed by atoms with Gasteiger partial charge in [0.05, 0.1) is 5.56 Å². The van der Waals surface area contributed by atoms with Crippen molar-refractivity contribution >= 4 is 17.6 Å². The summed E-state index contributed by atoms with van der Waals surface area (Å²) in [5.74, 6) is -0.302. The smallest absolute Gasteiger partial charge is 0.338 e. The Kier molecular flexibility index (Phi) is 4.23.